The molecule has 0 aromatic carbocycles. The van der Waals surface area contributed by atoms with Crippen molar-refractivity contribution in [1.82, 2.24) is 4.90 Å². The van der Waals surface area contributed by atoms with Crippen molar-refractivity contribution in [2.24, 2.45) is 5.92 Å². The third-order valence-corrected chi connectivity index (χ3v) is 5.47. The highest BCUT2D eigenvalue weighted by Crippen LogP contribution is 2.43. The standard InChI is InChI=1S/C19H35NO9/c1-4-5-11-14(12-13-9-7-6-8-10-13)15(20(2)3)16(21,22)17(23,18(24,25)26)19(27,28)29/h6-7,9,14-15,21-29H,4-5,8,10-12H2,1-3H3. The van der Waals surface area contributed by atoms with Crippen molar-refractivity contribution in [2.75, 3.05) is 14.1 Å². The molecule has 10 nitrogen and oxygen atoms in total. The van der Waals surface area contributed by atoms with Gasteiger partial charge in [0.25, 0.3) is 5.60 Å². The number of rotatable bonds is 11. The van der Waals surface area contributed by atoms with Gasteiger partial charge in [-0.15, -0.1) is 0 Å². The van der Waals surface area contributed by atoms with Crippen molar-refractivity contribution in [1.29, 1.82) is 0 Å². The zero-order valence-electron chi connectivity index (χ0n) is 17.1. The lowest BCUT2D eigenvalue weighted by atomic mass is 9.73. The molecular weight excluding hydrogens is 386 g/mol. The van der Waals surface area contributed by atoms with Crippen molar-refractivity contribution in [2.45, 2.75) is 74.8 Å². The second-order valence-corrected chi connectivity index (χ2v) is 8.01. The number of hydrogen-bond donors (Lipinski definition) is 9. The van der Waals surface area contributed by atoms with E-state index in [0.717, 1.165) is 24.8 Å². The first-order valence-corrected chi connectivity index (χ1v) is 9.63. The molecule has 2 atom stereocenters. The average molecular weight is 421 g/mol. The maximum Gasteiger partial charge on any atom is 0.320 e. The van der Waals surface area contributed by atoms with E-state index in [1.165, 1.54) is 19.0 Å². The van der Waals surface area contributed by atoms with Gasteiger partial charge in [-0.3, -0.25) is 0 Å². The van der Waals surface area contributed by atoms with Crippen LogP contribution in [0, 0.1) is 5.92 Å². The minimum absolute atomic E-state index is 0.330. The number of aliphatic hydroxyl groups is 9. The Kier molecular flexibility index (Phi) is 8.54. The van der Waals surface area contributed by atoms with Crippen molar-refractivity contribution >= 4 is 0 Å². The van der Waals surface area contributed by atoms with Crippen LogP contribution < -0.4 is 0 Å². The molecule has 2 unspecified atom stereocenters. The third-order valence-electron chi connectivity index (χ3n) is 5.47. The number of allylic oxidation sites excluding steroid dienone is 4. The second-order valence-electron chi connectivity index (χ2n) is 8.01. The Morgan fingerprint density at radius 3 is 1.90 bits per heavy atom. The molecule has 29 heavy (non-hydrogen) atoms. The molecule has 1 aliphatic carbocycles. The van der Waals surface area contributed by atoms with E-state index in [1.54, 1.807) is 0 Å². The molecule has 0 aromatic heterocycles. The van der Waals surface area contributed by atoms with E-state index in [2.05, 4.69) is 0 Å². The van der Waals surface area contributed by atoms with Gasteiger partial charge >= 0.3 is 11.9 Å². The monoisotopic (exact) mass is 421 g/mol. The van der Waals surface area contributed by atoms with Gasteiger partial charge < -0.3 is 50.9 Å². The van der Waals surface area contributed by atoms with Gasteiger partial charge in [-0.1, -0.05) is 43.6 Å². The highest BCUT2D eigenvalue weighted by Gasteiger charge is 2.76. The molecule has 0 aromatic rings. The summed E-state index contributed by atoms with van der Waals surface area (Å²) in [6, 6.07) is -1.55. The number of nitrogens with zero attached hydrogens (tertiary/aromatic N) is 1. The summed E-state index contributed by atoms with van der Waals surface area (Å²) in [5.41, 5.74) is -3.40. The van der Waals surface area contributed by atoms with Crippen molar-refractivity contribution in [3.8, 4) is 0 Å². The van der Waals surface area contributed by atoms with Crippen LogP contribution >= 0.6 is 0 Å². The average Bonchev–Trinajstić information content (AvgIpc) is 2.57. The molecule has 9 N–H and O–H groups in total. The van der Waals surface area contributed by atoms with Crippen molar-refractivity contribution < 1.29 is 46.0 Å². The van der Waals surface area contributed by atoms with Gasteiger partial charge in [-0.2, -0.15) is 0 Å². The number of likely N-dealkylation sites (N-methyl/N-ethyl adjacent to an activating group) is 1. The zero-order valence-corrected chi connectivity index (χ0v) is 17.1. The summed E-state index contributed by atoms with van der Waals surface area (Å²) in [5, 5.41) is 89.3. The Morgan fingerprint density at radius 2 is 1.52 bits per heavy atom. The van der Waals surface area contributed by atoms with Gasteiger partial charge in [0.05, 0.1) is 6.04 Å². The van der Waals surface area contributed by atoms with Gasteiger partial charge in [0.15, 0.2) is 0 Å². The van der Waals surface area contributed by atoms with E-state index >= 15 is 0 Å². The van der Waals surface area contributed by atoms with Gasteiger partial charge in [0.1, 0.15) is 0 Å². The molecule has 170 valence electrons. The lowest BCUT2D eigenvalue weighted by molar-refractivity contribution is -0.546. The fourth-order valence-electron chi connectivity index (χ4n) is 4.04. The molecule has 0 saturated carbocycles. The normalized spacial score (nSPS) is 18.7. The summed E-state index contributed by atoms with van der Waals surface area (Å²) in [7, 11) is 2.81. The Labute approximate surface area is 170 Å². The molecule has 0 radical (unpaired) electrons. The van der Waals surface area contributed by atoms with Crippen LogP contribution in [0.5, 0.6) is 0 Å². The van der Waals surface area contributed by atoms with Gasteiger partial charge in [0.2, 0.25) is 5.79 Å². The van der Waals surface area contributed by atoms with Crippen LogP contribution in [0.4, 0.5) is 0 Å². The molecule has 1 rings (SSSR count). The quantitative estimate of drug-likeness (QED) is 0.170. The maximum atomic E-state index is 10.8. The number of unbranched alkanes of at least 4 members (excludes halogenated alkanes) is 1. The van der Waals surface area contributed by atoms with Crippen LogP contribution in [0.15, 0.2) is 23.8 Å². The first-order chi connectivity index (χ1) is 13.1. The molecule has 0 saturated heterocycles. The minimum Gasteiger partial charge on any atom is -0.371 e. The molecular formula is C19H35NO9. The SMILES string of the molecule is CCCCC(CC1=CC=CCC1)C(N(C)C)C(O)(O)C(O)(C(O)(O)O)C(O)(O)O. The van der Waals surface area contributed by atoms with Crippen LogP contribution in [0.1, 0.15) is 45.4 Å². The second kappa shape index (κ2) is 9.48. The fourth-order valence-corrected chi connectivity index (χ4v) is 4.04. The molecule has 0 heterocycles. The van der Waals surface area contributed by atoms with E-state index in [-0.39, 0.29) is 0 Å². The summed E-state index contributed by atoms with van der Waals surface area (Å²) in [4.78, 5) is 1.24. The lowest BCUT2D eigenvalue weighted by Gasteiger charge is -2.53. The van der Waals surface area contributed by atoms with Crippen molar-refractivity contribution in [3.63, 3.8) is 0 Å². The largest absolute Gasteiger partial charge is 0.371 e. The predicted molar refractivity (Wildman–Crippen MR) is 102 cm³/mol. The molecule has 0 bridgehead atoms. The van der Waals surface area contributed by atoms with Crippen LogP contribution in [0.25, 0.3) is 0 Å². The first kappa shape index (κ1) is 26.1. The Bertz CT molecular complexity index is 573. The molecule has 0 amide bonds. The van der Waals surface area contributed by atoms with Crippen LogP contribution in [-0.4, -0.2) is 94.3 Å². The predicted octanol–water partition coefficient (Wildman–Crippen LogP) is -1.94. The fraction of sp³-hybridized carbons (Fsp3) is 0.789. The smallest absolute Gasteiger partial charge is 0.320 e. The summed E-state index contributed by atoms with van der Waals surface area (Å²) in [6.07, 6.45) is 9.39. The summed E-state index contributed by atoms with van der Waals surface area (Å²) in [5.74, 6) is -13.4. The maximum absolute atomic E-state index is 10.8. The summed E-state index contributed by atoms with van der Waals surface area (Å²) >= 11 is 0. The Hall–Kier alpha value is -0.920. The highest BCUT2D eigenvalue weighted by molar-refractivity contribution is 5.19. The molecule has 0 aliphatic heterocycles. The topological polar surface area (TPSA) is 185 Å². The van der Waals surface area contributed by atoms with Gasteiger partial charge in [-0.05, 0) is 45.7 Å². The molecule has 10 heteroatoms. The van der Waals surface area contributed by atoms with E-state index in [1.807, 2.05) is 25.2 Å². The van der Waals surface area contributed by atoms with Crippen LogP contribution in [0.3, 0.4) is 0 Å². The molecule has 1 aliphatic rings. The summed E-state index contributed by atoms with van der Waals surface area (Å²) < 4.78 is 0. The van der Waals surface area contributed by atoms with Crippen LogP contribution in [0.2, 0.25) is 0 Å². The third kappa shape index (κ3) is 5.42. The van der Waals surface area contributed by atoms with Crippen LogP contribution in [-0.2, 0) is 0 Å². The lowest BCUT2D eigenvalue weighted by Crippen LogP contribution is -2.82. The Balaban J connectivity index is 3.49. The zero-order chi connectivity index (χ0) is 22.7. The highest BCUT2D eigenvalue weighted by atomic mass is 16.8. The van der Waals surface area contributed by atoms with E-state index in [0.29, 0.717) is 19.3 Å². The van der Waals surface area contributed by atoms with Gasteiger partial charge in [0, 0.05) is 0 Å². The Morgan fingerprint density at radius 1 is 0.966 bits per heavy atom. The van der Waals surface area contributed by atoms with E-state index in [4.69, 9.17) is 0 Å². The minimum atomic E-state index is -4.48. The number of hydrogen-bond acceptors (Lipinski definition) is 10. The molecule has 0 spiro atoms. The van der Waals surface area contributed by atoms with E-state index in [9.17, 15) is 46.0 Å². The molecule has 0 fully saturated rings. The van der Waals surface area contributed by atoms with Crippen molar-refractivity contribution in [3.05, 3.63) is 23.8 Å². The van der Waals surface area contributed by atoms with E-state index < -0.39 is 35.3 Å². The van der Waals surface area contributed by atoms with Gasteiger partial charge in [-0.25, -0.2) is 0 Å². The first-order valence-electron chi connectivity index (χ1n) is 9.63. The summed E-state index contributed by atoms with van der Waals surface area (Å²) in [6.45, 7) is 1.92.